The molecule has 0 amide bonds. The Balaban J connectivity index is 3.11. The Bertz CT molecular complexity index is 579. The summed E-state index contributed by atoms with van der Waals surface area (Å²) in [5.74, 6) is 5.85. The van der Waals surface area contributed by atoms with Gasteiger partial charge in [-0.1, -0.05) is 20.3 Å². The highest BCUT2D eigenvalue weighted by molar-refractivity contribution is 4.94. The zero-order valence-corrected chi connectivity index (χ0v) is 27.9. The molecule has 0 bridgehead atoms. The Labute approximate surface area is 267 Å². The third kappa shape index (κ3) is 37.1. The number of nitrogens with zero attached hydrogens (tertiary/aromatic N) is 1. The zero-order valence-electron chi connectivity index (χ0n) is 27.9. The molecular weight excluding hydrogens is 574 g/mol. The number of nitrogens with two attached hydrogens (primary N) is 2. The van der Waals surface area contributed by atoms with Crippen LogP contribution in [0.3, 0.4) is 0 Å². The predicted octanol–water partition coefficient (Wildman–Crippen LogP) is 2.51. The second-order valence-electron chi connectivity index (χ2n) is 9.88. The quantitative estimate of drug-likeness (QED) is 0.0580. The van der Waals surface area contributed by atoms with Crippen LogP contribution >= 0.6 is 0 Å². The molecule has 0 atom stereocenters. The summed E-state index contributed by atoms with van der Waals surface area (Å²) in [6.45, 7) is 16.5. The van der Waals surface area contributed by atoms with Crippen molar-refractivity contribution in [1.82, 2.24) is 5.01 Å². The second-order valence-corrected chi connectivity index (χ2v) is 9.88. The van der Waals surface area contributed by atoms with Crippen molar-refractivity contribution in [2.75, 3.05) is 139 Å². The molecule has 0 radical (unpaired) electrons. The number of hydrogen-bond acceptors (Lipinski definition) is 13. The highest BCUT2D eigenvalue weighted by Gasteiger charge is 1.98. The van der Waals surface area contributed by atoms with Gasteiger partial charge in [0, 0.05) is 31.7 Å². The lowest BCUT2D eigenvalue weighted by atomic mass is 10.2. The molecule has 0 heterocycles. The van der Waals surface area contributed by atoms with Gasteiger partial charge in [0.15, 0.2) is 0 Å². The molecule has 0 unspecified atom stereocenters. The fourth-order valence-corrected chi connectivity index (χ4v) is 3.49. The van der Waals surface area contributed by atoms with Crippen LogP contribution in [0, 0.1) is 0 Å². The molecule has 4 N–H and O–H groups in total. The van der Waals surface area contributed by atoms with E-state index in [1.807, 2.05) is 0 Å². The Morgan fingerprint density at radius 1 is 0.432 bits per heavy atom. The first-order valence-corrected chi connectivity index (χ1v) is 16.5. The van der Waals surface area contributed by atoms with E-state index in [2.05, 4.69) is 13.8 Å². The van der Waals surface area contributed by atoms with Crippen molar-refractivity contribution < 1.29 is 47.4 Å². The van der Waals surface area contributed by atoms with E-state index >= 15 is 0 Å². The Kier molecular flexibility index (Phi) is 37.1. The van der Waals surface area contributed by atoms with Gasteiger partial charge in [0.1, 0.15) is 0 Å². The minimum atomic E-state index is 0.530. The van der Waals surface area contributed by atoms with Gasteiger partial charge in [0.05, 0.1) is 119 Å². The first kappa shape index (κ1) is 42.9. The maximum Gasteiger partial charge on any atom is 0.0701 e. The molecule has 0 saturated carbocycles. The Morgan fingerprint density at radius 3 is 1.09 bits per heavy atom. The van der Waals surface area contributed by atoms with E-state index in [0.29, 0.717) is 119 Å². The van der Waals surface area contributed by atoms with Gasteiger partial charge in [-0.05, 0) is 32.1 Å². The molecule has 0 fully saturated rings. The van der Waals surface area contributed by atoms with Crippen LogP contribution in [0.2, 0.25) is 0 Å². The molecule has 0 rings (SSSR count). The Hall–Kier alpha value is -1.10. The highest BCUT2D eigenvalue weighted by Crippen LogP contribution is 1.98. The molecule has 13 heteroatoms. The molecule has 0 aliphatic carbocycles. The molecular formula is C31H65N3O10. The van der Waals surface area contributed by atoms with Gasteiger partial charge < -0.3 is 58.1 Å². The molecule has 0 aromatic heterocycles. The standard InChI is InChI=1S/C31H65N3O10/c1-3-8-31(32)30-34(33)9-13-38-17-15-36-11-6-5-7-12-37-16-19-40-21-23-42-25-27-44-29-28-43-26-24-41-22-20-39-18-14-35-10-4-2/h30H,3-29,32-33H2,1-2H3/b31-30-. The van der Waals surface area contributed by atoms with Crippen molar-refractivity contribution in [1.29, 1.82) is 0 Å². The maximum absolute atomic E-state index is 5.85. The summed E-state index contributed by atoms with van der Waals surface area (Å²) in [4.78, 5) is 0. The molecule has 44 heavy (non-hydrogen) atoms. The third-order valence-corrected chi connectivity index (χ3v) is 5.77. The first-order chi connectivity index (χ1) is 21.7. The molecule has 0 aliphatic heterocycles. The number of ether oxygens (including phenoxy) is 10. The number of allylic oxidation sites excluding steroid dienone is 1. The lowest BCUT2D eigenvalue weighted by Crippen LogP contribution is -2.30. The summed E-state index contributed by atoms with van der Waals surface area (Å²) in [7, 11) is 0. The molecule has 264 valence electrons. The van der Waals surface area contributed by atoms with E-state index in [-0.39, 0.29) is 0 Å². The average Bonchev–Trinajstić information content (AvgIpc) is 3.01. The first-order valence-electron chi connectivity index (χ1n) is 16.5. The van der Waals surface area contributed by atoms with E-state index in [1.54, 1.807) is 11.2 Å². The predicted molar refractivity (Wildman–Crippen MR) is 170 cm³/mol. The number of hydrogen-bond donors (Lipinski definition) is 2. The molecule has 0 aromatic rings. The molecule has 0 spiro atoms. The minimum Gasteiger partial charge on any atom is -0.401 e. The molecule has 0 aromatic carbocycles. The van der Waals surface area contributed by atoms with Crippen LogP contribution in [0.5, 0.6) is 0 Å². The molecule has 0 saturated heterocycles. The minimum absolute atomic E-state index is 0.530. The van der Waals surface area contributed by atoms with Gasteiger partial charge in [-0.15, -0.1) is 0 Å². The van der Waals surface area contributed by atoms with E-state index in [4.69, 9.17) is 58.9 Å². The third-order valence-electron chi connectivity index (χ3n) is 5.77. The highest BCUT2D eigenvalue weighted by atomic mass is 16.6. The smallest absolute Gasteiger partial charge is 0.0701 e. The van der Waals surface area contributed by atoms with Crippen LogP contribution in [0.4, 0.5) is 0 Å². The summed E-state index contributed by atoms with van der Waals surface area (Å²) >= 11 is 0. The van der Waals surface area contributed by atoms with Crippen molar-refractivity contribution in [3.63, 3.8) is 0 Å². The van der Waals surface area contributed by atoms with Gasteiger partial charge >= 0.3 is 0 Å². The van der Waals surface area contributed by atoms with Crippen LogP contribution in [0.15, 0.2) is 11.9 Å². The number of hydrazine groups is 1. The van der Waals surface area contributed by atoms with Gasteiger partial charge in [-0.2, -0.15) is 0 Å². The monoisotopic (exact) mass is 639 g/mol. The summed E-state index contributed by atoms with van der Waals surface area (Å²) in [5.41, 5.74) is 6.63. The lowest BCUT2D eigenvalue weighted by molar-refractivity contribution is -0.0231. The maximum atomic E-state index is 5.85. The van der Waals surface area contributed by atoms with E-state index in [0.717, 1.165) is 64.0 Å². The molecule has 0 aliphatic rings. The topological polar surface area (TPSA) is 148 Å². The van der Waals surface area contributed by atoms with Gasteiger partial charge in [-0.25, -0.2) is 5.84 Å². The van der Waals surface area contributed by atoms with Crippen LogP contribution in [-0.4, -0.2) is 144 Å². The normalized spacial score (nSPS) is 11.9. The van der Waals surface area contributed by atoms with E-state index < -0.39 is 0 Å². The Morgan fingerprint density at radius 2 is 0.750 bits per heavy atom. The van der Waals surface area contributed by atoms with Crippen molar-refractivity contribution in [3.05, 3.63) is 11.9 Å². The van der Waals surface area contributed by atoms with E-state index in [1.165, 1.54) is 0 Å². The van der Waals surface area contributed by atoms with Crippen LogP contribution in [0.25, 0.3) is 0 Å². The largest absolute Gasteiger partial charge is 0.401 e. The van der Waals surface area contributed by atoms with Crippen LogP contribution in [0.1, 0.15) is 52.4 Å². The summed E-state index contributed by atoms with van der Waals surface area (Å²) in [6, 6.07) is 0. The number of rotatable bonds is 38. The fraction of sp³-hybridized carbons (Fsp3) is 0.935. The summed E-state index contributed by atoms with van der Waals surface area (Å²) in [5, 5.41) is 1.57. The summed E-state index contributed by atoms with van der Waals surface area (Å²) in [6.07, 6.45) is 7.73. The van der Waals surface area contributed by atoms with Gasteiger partial charge in [0.2, 0.25) is 0 Å². The van der Waals surface area contributed by atoms with Crippen molar-refractivity contribution >= 4 is 0 Å². The summed E-state index contributed by atoms with van der Waals surface area (Å²) < 4.78 is 54.9. The van der Waals surface area contributed by atoms with E-state index in [9.17, 15) is 0 Å². The lowest BCUT2D eigenvalue weighted by Gasteiger charge is -2.15. The van der Waals surface area contributed by atoms with Crippen molar-refractivity contribution in [2.45, 2.75) is 52.4 Å². The number of unbranched alkanes of at least 4 members (excludes halogenated alkanes) is 2. The van der Waals surface area contributed by atoms with Crippen molar-refractivity contribution in [2.24, 2.45) is 11.6 Å². The second kappa shape index (κ2) is 38.1. The van der Waals surface area contributed by atoms with Crippen molar-refractivity contribution in [3.8, 4) is 0 Å². The van der Waals surface area contributed by atoms with Gasteiger partial charge in [0.25, 0.3) is 0 Å². The fourth-order valence-electron chi connectivity index (χ4n) is 3.49. The van der Waals surface area contributed by atoms with Gasteiger partial charge in [-0.3, -0.25) is 0 Å². The average molecular weight is 640 g/mol. The van der Waals surface area contributed by atoms with Crippen LogP contribution < -0.4 is 11.6 Å². The zero-order chi connectivity index (χ0) is 32.0. The van der Waals surface area contributed by atoms with Crippen LogP contribution in [-0.2, 0) is 47.4 Å². The SMILES string of the molecule is CCCOCCOCCOCCOCCOCCOCCOCCOCCCCCOCCOCCN(N)/C=C(\N)CCC. The molecule has 13 nitrogen and oxygen atoms in total.